The molecular weight excluding hydrogens is 219 g/mol. The van der Waals surface area contributed by atoms with Crippen LogP contribution in [0.3, 0.4) is 0 Å². The molecule has 3 heteroatoms. The average Bonchev–Trinajstić information content (AvgIpc) is 2.91. The highest BCUT2D eigenvalue weighted by molar-refractivity contribution is 6.14. The van der Waals surface area contributed by atoms with E-state index in [0.29, 0.717) is 5.82 Å². The van der Waals surface area contributed by atoms with Crippen molar-refractivity contribution in [1.82, 2.24) is 9.97 Å². The summed E-state index contributed by atoms with van der Waals surface area (Å²) in [7, 11) is 2.27. The van der Waals surface area contributed by atoms with E-state index >= 15 is 0 Å². The molecular formula is C15H23BN2. The summed E-state index contributed by atoms with van der Waals surface area (Å²) >= 11 is 0. The van der Waals surface area contributed by atoms with E-state index in [-0.39, 0.29) is 0 Å². The van der Waals surface area contributed by atoms with Gasteiger partial charge in [0.2, 0.25) is 0 Å². The quantitative estimate of drug-likeness (QED) is 0.773. The van der Waals surface area contributed by atoms with Gasteiger partial charge in [0.05, 0.1) is 0 Å². The molecule has 0 bridgehead atoms. The Morgan fingerprint density at radius 3 is 1.61 bits per heavy atom. The van der Waals surface area contributed by atoms with E-state index in [1.807, 2.05) is 0 Å². The zero-order valence-corrected chi connectivity index (χ0v) is 12.1. The molecule has 0 amide bonds. The van der Waals surface area contributed by atoms with Gasteiger partial charge in [-0.3, -0.25) is 0 Å². The smallest absolute Gasteiger partial charge is 0.120 e. The molecule has 2 rings (SSSR count). The van der Waals surface area contributed by atoms with Crippen molar-refractivity contribution in [3.8, 4) is 0 Å². The second-order valence-corrected chi connectivity index (χ2v) is 5.13. The summed E-state index contributed by atoms with van der Waals surface area (Å²) in [5.41, 5.74) is 8.38. The molecule has 96 valence electrons. The van der Waals surface area contributed by atoms with Gasteiger partial charge in [-0.25, -0.2) is 0 Å². The Morgan fingerprint density at radius 1 is 0.944 bits per heavy atom. The second-order valence-electron chi connectivity index (χ2n) is 5.13. The zero-order chi connectivity index (χ0) is 13.3. The van der Waals surface area contributed by atoms with Gasteiger partial charge >= 0.3 is 0 Å². The van der Waals surface area contributed by atoms with Crippen molar-refractivity contribution < 1.29 is 0 Å². The first kappa shape index (κ1) is 13.1. The van der Waals surface area contributed by atoms with Gasteiger partial charge in [0, 0.05) is 29.6 Å². The summed E-state index contributed by atoms with van der Waals surface area (Å²) in [4.78, 5) is 6.92. The van der Waals surface area contributed by atoms with Crippen LogP contribution in [0.2, 0.25) is 0 Å². The van der Waals surface area contributed by atoms with Crippen LogP contribution in [-0.2, 0) is 12.8 Å². The molecule has 0 aliphatic rings. The third-order valence-corrected chi connectivity index (χ3v) is 4.20. The van der Waals surface area contributed by atoms with E-state index in [1.165, 1.54) is 33.6 Å². The van der Waals surface area contributed by atoms with Crippen LogP contribution in [0.5, 0.6) is 0 Å². The lowest BCUT2D eigenvalue weighted by molar-refractivity contribution is 0.982. The zero-order valence-electron chi connectivity index (χ0n) is 12.1. The average molecular weight is 242 g/mol. The first-order chi connectivity index (χ1) is 8.60. The van der Waals surface area contributed by atoms with Gasteiger partial charge < -0.3 is 9.97 Å². The van der Waals surface area contributed by atoms with E-state index in [0.717, 1.165) is 12.8 Å². The highest BCUT2D eigenvalue weighted by Gasteiger charge is 2.18. The van der Waals surface area contributed by atoms with Crippen LogP contribution in [0.4, 0.5) is 0 Å². The largest absolute Gasteiger partial charge is 0.365 e. The molecule has 2 aromatic heterocycles. The minimum atomic E-state index is 0.408. The maximum absolute atomic E-state index is 3.46. The Bertz CT molecular complexity index is 488. The Hall–Kier alpha value is -1.38. The molecule has 0 spiro atoms. The van der Waals surface area contributed by atoms with Crippen molar-refractivity contribution in [2.24, 2.45) is 0 Å². The highest BCUT2D eigenvalue weighted by Crippen LogP contribution is 2.28. The summed E-state index contributed by atoms with van der Waals surface area (Å²) in [5, 5.41) is 0. The van der Waals surface area contributed by atoms with Gasteiger partial charge in [-0.05, 0) is 48.9 Å². The highest BCUT2D eigenvalue weighted by atomic mass is 14.7. The second kappa shape index (κ2) is 5.09. The number of hydrogen-bond acceptors (Lipinski definition) is 0. The van der Waals surface area contributed by atoms with Crippen molar-refractivity contribution in [1.29, 1.82) is 0 Å². The first-order valence-corrected chi connectivity index (χ1v) is 6.93. The van der Waals surface area contributed by atoms with Crippen molar-refractivity contribution >= 4 is 7.85 Å². The number of rotatable bonds is 4. The Labute approximate surface area is 111 Å². The summed E-state index contributed by atoms with van der Waals surface area (Å²) in [6, 6.07) is 0. The number of aryl methyl sites for hydroxylation is 2. The van der Waals surface area contributed by atoms with E-state index in [9.17, 15) is 0 Å². The van der Waals surface area contributed by atoms with Crippen molar-refractivity contribution in [3.63, 3.8) is 0 Å². The maximum atomic E-state index is 3.46. The normalized spacial score (nSPS) is 11.4. The lowest BCUT2D eigenvalue weighted by Crippen LogP contribution is -2.05. The van der Waals surface area contributed by atoms with Crippen LogP contribution in [-0.4, -0.2) is 17.8 Å². The molecule has 0 aliphatic carbocycles. The molecule has 0 radical (unpaired) electrons. The molecule has 18 heavy (non-hydrogen) atoms. The molecule has 0 saturated heterocycles. The number of hydrogen-bond donors (Lipinski definition) is 2. The number of aromatic nitrogens is 2. The summed E-state index contributed by atoms with van der Waals surface area (Å²) in [6.07, 6.45) is 6.50. The SMILES string of the molecule is BC(c1[nH]cc(CC)c1C)c1[nH]cc(CC)c1C. The monoisotopic (exact) mass is 242 g/mol. The molecule has 2 nitrogen and oxygen atoms in total. The fourth-order valence-corrected chi connectivity index (χ4v) is 2.89. The van der Waals surface area contributed by atoms with E-state index in [4.69, 9.17) is 0 Å². The van der Waals surface area contributed by atoms with Crippen molar-refractivity contribution in [3.05, 3.63) is 46.0 Å². The van der Waals surface area contributed by atoms with Gasteiger partial charge in [0.25, 0.3) is 0 Å². The number of aromatic amines is 2. The number of nitrogens with one attached hydrogen (secondary N) is 2. The summed E-state index contributed by atoms with van der Waals surface area (Å²) < 4.78 is 0. The van der Waals surface area contributed by atoms with E-state index in [2.05, 4.69) is 57.9 Å². The van der Waals surface area contributed by atoms with Crippen molar-refractivity contribution in [2.45, 2.75) is 46.4 Å². The standard InChI is InChI=1S/C15H23BN2/c1-5-11-7-17-14(9(11)3)13(16)15-10(4)12(6-2)8-18-15/h7-8,13,17-18H,5-6,16H2,1-4H3. The van der Waals surface area contributed by atoms with Crippen LogP contribution in [0, 0.1) is 13.8 Å². The lowest BCUT2D eigenvalue weighted by Gasteiger charge is -2.12. The molecule has 0 aromatic carbocycles. The first-order valence-electron chi connectivity index (χ1n) is 6.93. The molecule has 0 saturated carbocycles. The van der Waals surface area contributed by atoms with Crippen LogP contribution in [0.1, 0.15) is 53.3 Å². The third kappa shape index (κ3) is 2.02. The Balaban J connectivity index is 2.38. The van der Waals surface area contributed by atoms with Crippen LogP contribution in [0.15, 0.2) is 12.4 Å². The van der Waals surface area contributed by atoms with Crippen molar-refractivity contribution in [2.75, 3.05) is 0 Å². The van der Waals surface area contributed by atoms with Gasteiger partial charge in [-0.15, -0.1) is 0 Å². The van der Waals surface area contributed by atoms with Gasteiger partial charge in [-0.1, -0.05) is 13.8 Å². The van der Waals surface area contributed by atoms with Crippen LogP contribution in [0.25, 0.3) is 0 Å². The lowest BCUT2D eigenvalue weighted by atomic mass is 9.78. The summed E-state index contributed by atoms with van der Waals surface area (Å²) in [6.45, 7) is 8.86. The van der Waals surface area contributed by atoms with Gasteiger partial charge in [-0.2, -0.15) is 0 Å². The molecule has 0 atom stereocenters. The molecule has 0 unspecified atom stereocenters. The maximum Gasteiger partial charge on any atom is 0.120 e. The number of H-pyrrole nitrogens is 2. The minimum absolute atomic E-state index is 0.408. The predicted octanol–water partition coefficient (Wildman–Crippen LogP) is 2.81. The van der Waals surface area contributed by atoms with Gasteiger partial charge in [0.15, 0.2) is 0 Å². The predicted molar refractivity (Wildman–Crippen MR) is 80.2 cm³/mol. The Kier molecular flexibility index (Phi) is 3.69. The third-order valence-electron chi connectivity index (χ3n) is 4.20. The molecule has 2 aromatic rings. The van der Waals surface area contributed by atoms with E-state index < -0.39 is 0 Å². The van der Waals surface area contributed by atoms with Crippen LogP contribution < -0.4 is 0 Å². The molecule has 0 aliphatic heterocycles. The van der Waals surface area contributed by atoms with E-state index in [1.54, 1.807) is 0 Å². The molecule has 2 N–H and O–H groups in total. The summed E-state index contributed by atoms with van der Waals surface area (Å²) in [5.74, 6) is 0.408. The molecule has 2 heterocycles. The molecule has 0 fully saturated rings. The minimum Gasteiger partial charge on any atom is -0.365 e. The Morgan fingerprint density at radius 2 is 1.33 bits per heavy atom. The van der Waals surface area contributed by atoms with Gasteiger partial charge in [0.1, 0.15) is 7.85 Å². The fraction of sp³-hybridized carbons (Fsp3) is 0.467. The topological polar surface area (TPSA) is 31.6 Å². The fourth-order valence-electron chi connectivity index (χ4n) is 2.89. The van der Waals surface area contributed by atoms with Crippen LogP contribution >= 0.6 is 0 Å².